The molecule has 0 atom stereocenters. The van der Waals surface area contributed by atoms with Gasteiger partial charge in [-0.25, -0.2) is 13.8 Å². The summed E-state index contributed by atoms with van der Waals surface area (Å²) in [6, 6.07) is 1.19. The number of aryl methyl sites for hydroxylation is 1. The number of aromatic amines is 1. The first kappa shape index (κ1) is 10.6. The normalized spacial score (nSPS) is 10.6. The number of hydrogen-bond acceptors (Lipinski definition) is 3. The lowest BCUT2D eigenvalue weighted by atomic mass is 10.4. The Bertz CT molecular complexity index is 364. The molecule has 0 aliphatic carbocycles. The molecule has 6 heteroatoms. The van der Waals surface area contributed by atoms with E-state index in [2.05, 4.69) is 9.97 Å². The van der Waals surface area contributed by atoms with E-state index in [-0.39, 0.29) is 11.4 Å². The van der Waals surface area contributed by atoms with Crippen molar-refractivity contribution in [1.29, 1.82) is 0 Å². The van der Waals surface area contributed by atoms with E-state index in [1.807, 2.05) is 0 Å². The number of anilines is 1. The van der Waals surface area contributed by atoms with Crippen molar-refractivity contribution in [3.05, 3.63) is 22.2 Å². The molecule has 1 rings (SSSR count). The molecule has 1 aromatic heterocycles. The highest BCUT2D eigenvalue weighted by Gasteiger charge is 2.10. The van der Waals surface area contributed by atoms with Gasteiger partial charge in [0.15, 0.2) is 0 Å². The lowest BCUT2D eigenvalue weighted by Crippen LogP contribution is -2.26. The van der Waals surface area contributed by atoms with Crippen LogP contribution in [0, 0.1) is 6.92 Å². The van der Waals surface area contributed by atoms with Gasteiger partial charge in [0.2, 0.25) is 0 Å². The van der Waals surface area contributed by atoms with Gasteiger partial charge in [0.1, 0.15) is 11.6 Å². The van der Waals surface area contributed by atoms with Gasteiger partial charge in [-0.05, 0) is 6.92 Å². The Labute approximate surface area is 79.6 Å². The highest BCUT2D eigenvalue weighted by Crippen LogP contribution is 2.07. The van der Waals surface area contributed by atoms with Crippen LogP contribution in [0.25, 0.3) is 0 Å². The minimum Gasteiger partial charge on any atom is -0.354 e. The quantitative estimate of drug-likeness (QED) is 0.789. The Kier molecular flexibility index (Phi) is 3.16. The molecule has 14 heavy (non-hydrogen) atoms. The average molecular weight is 203 g/mol. The first-order chi connectivity index (χ1) is 6.49. The van der Waals surface area contributed by atoms with E-state index in [0.29, 0.717) is 5.82 Å². The Hall–Kier alpha value is -1.46. The van der Waals surface area contributed by atoms with Gasteiger partial charge in [0, 0.05) is 13.1 Å². The molecule has 1 N–H and O–H groups in total. The van der Waals surface area contributed by atoms with Crippen LogP contribution in [0.5, 0.6) is 0 Å². The van der Waals surface area contributed by atoms with E-state index in [9.17, 15) is 13.6 Å². The van der Waals surface area contributed by atoms with E-state index < -0.39 is 13.0 Å². The predicted molar refractivity (Wildman–Crippen MR) is 48.9 cm³/mol. The summed E-state index contributed by atoms with van der Waals surface area (Å²) in [7, 11) is 1.47. The molecule has 0 unspecified atom stereocenters. The number of rotatable bonds is 3. The third-order valence-corrected chi connectivity index (χ3v) is 1.65. The van der Waals surface area contributed by atoms with E-state index in [1.165, 1.54) is 18.0 Å². The number of aromatic nitrogens is 2. The van der Waals surface area contributed by atoms with Gasteiger partial charge in [0.25, 0.3) is 12.0 Å². The summed E-state index contributed by atoms with van der Waals surface area (Å²) in [5.41, 5.74) is -0.339. The molecule has 0 spiro atoms. The van der Waals surface area contributed by atoms with Gasteiger partial charge in [-0.3, -0.25) is 4.79 Å². The molecule has 0 amide bonds. The predicted octanol–water partition coefficient (Wildman–Crippen LogP) is 0.780. The summed E-state index contributed by atoms with van der Waals surface area (Å²) >= 11 is 0. The van der Waals surface area contributed by atoms with Gasteiger partial charge in [-0.2, -0.15) is 0 Å². The first-order valence-corrected chi connectivity index (χ1v) is 4.06. The van der Waals surface area contributed by atoms with Crippen molar-refractivity contribution >= 4 is 5.82 Å². The van der Waals surface area contributed by atoms with E-state index in [1.54, 1.807) is 6.92 Å². The summed E-state index contributed by atoms with van der Waals surface area (Å²) < 4.78 is 24.0. The second-order valence-electron chi connectivity index (χ2n) is 2.96. The van der Waals surface area contributed by atoms with Crippen LogP contribution in [0.1, 0.15) is 5.82 Å². The van der Waals surface area contributed by atoms with Crippen molar-refractivity contribution < 1.29 is 8.78 Å². The van der Waals surface area contributed by atoms with Crippen molar-refractivity contribution in [3.8, 4) is 0 Å². The van der Waals surface area contributed by atoms with Gasteiger partial charge in [-0.15, -0.1) is 0 Å². The Morgan fingerprint density at radius 3 is 2.79 bits per heavy atom. The van der Waals surface area contributed by atoms with Gasteiger partial charge < -0.3 is 9.88 Å². The van der Waals surface area contributed by atoms with Crippen LogP contribution in [0.3, 0.4) is 0 Å². The molecule has 4 nitrogen and oxygen atoms in total. The van der Waals surface area contributed by atoms with Crippen LogP contribution in [0.2, 0.25) is 0 Å². The average Bonchev–Trinajstić information content (AvgIpc) is 2.00. The highest BCUT2D eigenvalue weighted by atomic mass is 19.3. The monoisotopic (exact) mass is 203 g/mol. The molecule has 0 saturated heterocycles. The Morgan fingerprint density at radius 2 is 2.29 bits per heavy atom. The Morgan fingerprint density at radius 1 is 1.64 bits per heavy atom. The third-order valence-electron chi connectivity index (χ3n) is 1.65. The number of halogens is 2. The second kappa shape index (κ2) is 4.17. The fourth-order valence-corrected chi connectivity index (χ4v) is 1.06. The molecule has 0 bridgehead atoms. The summed E-state index contributed by atoms with van der Waals surface area (Å²) in [6.45, 7) is 1.16. The van der Waals surface area contributed by atoms with Crippen LogP contribution in [-0.2, 0) is 0 Å². The zero-order chi connectivity index (χ0) is 10.7. The lowest BCUT2D eigenvalue weighted by molar-refractivity contribution is 0.156. The topological polar surface area (TPSA) is 49.0 Å². The molecule has 1 aromatic rings. The zero-order valence-electron chi connectivity index (χ0n) is 7.92. The molecule has 0 radical (unpaired) electrons. The van der Waals surface area contributed by atoms with Crippen LogP contribution in [0.4, 0.5) is 14.6 Å². The molecule has 0 saturated carbocycles. The van der Waals surface area contributed by atoms with E-state index in [4.69, 9.17) is 0 Å². The van der Waals surface area contributed by atoms with Crippen LogP contribution >= 0.6 is 0 Å². The number of hydrogen-bond donors (Lipinski definition) is 1. The van der Waals surface area contributed by atoms with E-state index in [0.717, 1.165) is 0 Å². The number of H-pyrrole nitrogens is 1. The summed E-state index contributed by atoms with van der Waals surface area (Å²) in [5.74, 6) is 0.667. The minimum atomic E-state index is -2.44. The molecule has 78 valence electrons. The molecule has 0 aliphatic rings. The van der Waals surface area contributed by atoms with Gasteiger partial charge in [0.05, 0.1) is 6.54 Å². The summed E-state index contributed by atoms with van der Waals surface area (Å²) in [4.78, 5) is 18.6. The van der Waals surface area contributed by atoms with Crippen molar-refractivity contribution in [3.63, 3.8) is 0 Å². The van der Waals surface area contributed by atoms with Crippen molar-refractivity contribution in [2.45, 2.75) is 13.3 Å². The Balaban J connectivity index is 2.89. The number of alkyl halides is 2. The van der Waals surface area contributed by atoms with Gasteiger partial charge >= 0.3 is 0 Å². The van der Waals surface area contributed by atoms with Crippen LogP contribution < -0.4 is 10.5 Å². The molecule has 0 aliphatic heterocycles. The standard InChI is InChI=1S/C8H11F2N3O/c1-5-11-7(3-8(14)12-5)13(2)4-6(9)10/h3,6H,4H2,1-2H3,(H,11,12,14). The maximum Gasteiger partial charge on any atom is 0.255 e. The number of nitrogens with one attached hydrogen (secondary N) is 1. The van der Waals surface area contributed by atoms with Crippen LogP contribution in [0.15, 0.2) is 10.9 Å². The number of nitrogens with zero attached hydrogens (tertiary/aromatic N) is 2. The molecule has 1 heterocycles. The highest BCUT2D eigenvalue weighted by molar-refractivity contribution is 5.36. The fraction of sp³-hybridized carbons (Fsp3) is 0.500. The fourth-order valence-electron chi connectivity index (χ4n) is 1.06. The second-order valence-corrected chi connectivity index (χ2v) is 2.96. The van der Waals surface area contributed by atoms with E-state index >= 15 is 0 Å². The maximum absolute atomic E-state index is 12.0. The summed E-state index contributed by atoms with van der Waals surface area (Å²) in [6.07, 6.45) is -2.44. The van der Waals surface area contributed by atoms with Gasteiger partial charge in [-0.1, -0.05) is 0 Å². The molecular formula is C8H11F2N3O. The lowest BCUT2D eigenvalue weighted by Gasteiger charge is -2.16. The molecular weight excluding hydrogens is 192 g/mol. The maximum atomic E-state index is 12.0. The molecule has 0 aromatic carbocycles. The zero-order valence-corrected chi connectivity index (χ0v) is 7.92. The van der Waals surface area contributed by atoms with Crippen molar-refractivity contribution in [2.75, 3.05) is 18.5 Å². The summed E-state index contributed by atoms with van der Waals surface area (Å²) in [5, 5.41) is 0. The first-order valence-electron chi connectivity index (χ1n) is 4.06. The largest absolute Gasteiger partial charge is 0.354 e. The van der Waals surface area contributed by atoms with Crippen LogP contribution in [-0.4, -0.2) is 30.0 Å². The molecule has 0 fully saturated rings. The third kappa shape index (κ3) is 2.79. The minimum absolute atomic E-state index is 0.256. The van der Waals surface area contributed by atoms with Crippen molar-refractivity contribution in [1.82, 2.24) is 9.97 Å². The SMILES string of the molecule is Cc1nc(N(C)CC(F)F)cc(=O)[nH]1. The van der Waals surface area contributed by atoms with Crippen molar-refractivity contribution in [2.24, 2.45) is 0 Å². The smallest absolute Gasteiger partial charge is 0.255 e.